The van der Waals surface area contributed by atoms with E-state index >= 15 is 0 Å². The van der Waals surface area contributed by atoms with Crippen molar-refractivity contribution in [1.29, 1.82) is 0 Å². The van der Waals surface area contributed by atoms with Gasteiger partial charge >= 0.3 is 6.61 Å². The number of ether oxygens (including phenoxy) is 1. The predicted octanol–water partition coefficient (Wildman–Crippen LogP) is 4.56. The number of carbonyl (C=O) groups excluding carboxylic acids is 1. The minimum absolute atomic E-state index is 0.0314. The average Bonchev–Trinajstić information content (AvgIpc) is 3.25. The van der Waals surface area contributed by atoms with Gasteiger partial charge in [0, 0.05) is 25.1 Å². The van der Waals surface area contributed by atoms with Crippen molar-refractivity contribution < 1.29 is 35.5 Å². The molecule has 37 heavy (non-hydrogen) atoms. The lowest BCUT2D eigenvalue weighted by Crippen LogP contribution is -2.45. The molecule has 3 aromatic rings. The molecule has 1 aliphatic heterocycles. The van der Waals surface area contributed by atoms with Gasteiger partial charge in [-0.25, -0.2) is 22.2 Å². The minimum Gasteiger partial charge on any atom is -0.435 e. The van der Waals surface area contributed by atoms with Gasteiger partial charge in [0.15, 0.2) is 0 Å². The van der Waals surface area contributed by atoms with E-state index in [4.69, 9.17) is 11.6 Å². The Labute approximate surface area is 215 Å². The highest BCUT2D eigenvalue weighted by molar-refractivity contribution is 7.89. The number of nitrogens with one attached hydrogen (secondary N) is 1. The third-order valence-electron chi connectivity index (χ3n) is 5.62. The van der Waals surface area contributed by atoms with Gasteiger partial charge in [-0.3, -0.25) is 4.79 Å². The van der Waals surface area contributed by atoms with Crippen molar-refractivity contribution >= 4 is 27.5 Å². The molecule has 2 heterocycles. The molecule has 1 saturated heterocycles. The van der Waals surface area contributed by atoms with Crippen LogP contribution in [0.4, 0.5) is 17.6 Å². The third-order valence-corrected chi connectivity index (χ3v) is 7.71. The largest absolute Gasteiger partial charge is 0.435 e. The number of amides is 1. The molecule has 0 unspecified atom stereocenters. The van der Waals surface area contributed by atoms with Gasteiger partial charge in [0.05, 0.1) is 10.6 Å². The van der Waals surface area contributed by atoms with Crippen LogP contribution < -0.4 is 10.1 Å². The van der Waals surface area contributed by atoms with Gasteiger partial charge in [-0.2, -0.15) is 13.1 Å². The quantitative estimate of drug-likeness (QED) is 0.324. The maximum Gasteiger partial charge on any atom is 0.387 e. The SMILES string of the molecule is O=C(NCc1cc(Cl)nc(-c2ccc(OC(F)F)cc2)c1)[C@@H]1C[C@@H](F)CN1S(=O)(=O)c1ccc(F)cc1. The number of hydrogen-bond acceptors (Lipinski definition) is 5. The summed E-state index contributed by atoms with van der Waals surface area (Å²) < 4.78 is 83.3. The number of benzene rings is 2. The minimum atomic E-state index is -4.25. The number of carbonyl (C=O) groups is 1. The maximum absolute atomic E-state index is 14.2. The number of aromatic nitrogens is 1. The molecular weight excluding hydrogens is 538 g/mol. The summed E-state index contributed by atoms with van der Waals surface area (Å²) in [6.45, 7) is -3.54. The van der Waals surface area contributed by atoms with Crippen molar-refractivity contribution in [3.63, 3.8) is 0 Å². The Morgan fingerprint density at radius 3 is 2.46 bits per heavy atom. The van der Waals surface area contributed by atoms with Crippen molar-refractivity contribution in [1.82, 2.24) is 14.6 Å². The molecule has 7 nitrogen and oxygen atoms in total. The molecule has 1 aliphatic rings. The number of nitrogens with zero attached hydrogens (tertiary/aromatic N) is 2. The van der Waals surface area contributed by atoms with E-state index in [9.17, 15) is 30.8 Å². The first kappa shape index (κ1) is 26.8. The molecule has 196 valence electrons. The Kier molecular flexibility index (Phi) is 8.00. The fourth-order valence-corrected chi connectivity index (χ4v) is 5.77. The zero-order valence-electron chi connectivity index (χ0n) is 19.0. The van der Waals surface area contributed by atoms with Crippen LogP contribution in [0.3, 0.4) is 0 Å². The van der Waals surface area contributed by atoms with Crippen LogP contribution in [0.2, 0.25) is 5.15 Å². The van der Waals surface area contributed by atoms with E-state index in [0.29, 0.717) is 16.8 Å². The Balaban J connectivity index is 1.48. The second kappa shape index (κ2) is 11.0. The van der Waals surface area contributed by atoms with Gasteiger partial charge < -0.3 is 10.1 Å². The number of sulfonamides is 1. The molecule has 2 aromatic carbocycles. The van der Waals surface area contributed by atoms with Crippen LogP contribution in [-0.4, -0.2) is 49.0 Å². The summed E-state index contributed by atoms with van der Waals surface area (Å²) in [6.07, 6.45) is -1.88. The lowest BCUT2D eigenvalue weighted by atomic mass is 10.1. The molecule has 1 fully saturated rings. The van der Waals surface area contributed by atoms with E-state index in [0.717, 1.165) is 28.6 Å². The van der Waals surface area contributed by atoms with E-state index in [2.05, 4.69) is 15.0 Å². The predicted molar refractivity (Wildman–Crippen MR) is 127 cm³/mol. The molecular formula is C24H20ClF4N3O4S. The Hall–Kier alpha value is -3.22. The summed E-state index contributed by atoms with van der Waals surface area (Å²) in [5, 5.41) is 2.70. The summed E-state index contributed by atoms with van der Waals surface area (Å²) >= 11 is 6.11. The van der Waals surface area contributed by atoms with Gasteiger partial charge in [-0.15, -0.1) is 0 Å². The lowest BCUT2D eigenvalue weighted by Gasteiger charge is -2.23. The van der Waals surface area contributed by atoms with E-state index in [-0.39, 0.29) is 28.8 Å². The topological polar surface area (TPSA) is 88.6 Å². The van der Waals surface area contributed by atoms with Gasteiger partial charge in [0.25, 0.3) is 0 Å². The molecule has 1 N–H and O–H groups in total. The van der Waals surface area contributed by atoms with Gasteiger partial charge in [-0.05, 0) is 66.2 Å². The van der Waals surface area contributed by atoms with Gasteiger partial charge in [-0.1, -0.05) is 11.6 Å². The fraction of sp³-hybridized carbons (Fsp3) is 0.250. The Bertz CT molecular complexity index is 1380. The zero-order valence-corrected chi connectivity index (χ0v) is 20.5. The summed E-state index contributed by atoms with van der Waals surface area (Å²) in [5.41, 5.74) is 1.45. The second-order valence-electron chi connectivity index (χ2n) is 8.18. The van der Waals surface area contributed by atoms with Crippen molar-refractivity contribution in [2.24, 2.45) is 0 Å². The van der Waals surface area contributed by atoms with Crippen LogP contribution in [0.5, 0.6) is 5.75 Å². The van der Waals surface area contributed by atoms with Crippen molar-refractivity contribution in [2.45, 2.75) is 36.7 Å². The normalized spacial score (nSPS) is 18.2. The van der Waals surface area contributed by atoms with Gasteiger partial charge in [0.2, 0.25) is 15.9 Å². The van der Waals surface area contributed by atoms with Crippen molar-refractivity contribution in [2.75, 3.05) is 6.54 Å². The summed E-state index contributed by atoms with van der Waals surface area (Å²) in [4.78, 5) is 16.8. The Morgan fingerprint density at radius 1 is 1.14 bits per heavy atom. The molecule has 0 aliphatic carbocycles. The van der Waals surface area contributed by atoms with Crippen LogP contribution in [0.1, 0.15) is 12.0 Å². The summed E-state index contributed by atoms with van der Waals surface area (Å²) in [5.74, 6) is -1.38. The number of halogens is 5. The maximum atomic E-state index is 14.2. The Morgan fingerprint density at radius 2 is 1.81 bits per heavy atom. The number of pyridine rings is 1. The van der Waals surface area contributed by atoms with E-state index in [1.54, 1.807) is 6.07 Å². The first-order valence-electron chi connectivity index (χ1n) is 10.9. The first-order valence-corrected chi connectivity index (χ1v) is 12.8. The van der Waals surface area contributed by atoms with Crippen LogP contribution in [0.25, 0.3) is 11.3 Å². The zero-order chi connectivity index (χ0) is 26.7. The highest BCUT2D eigenvalue weighted by Crippen LogP contribution is 2.29. The van der Waals surface area contributed by atoms with Crippen molar-refractivity contribution in [3.05, 3.63) is 77.2 Å². The molecule has 4 rings (SSSR count). The second-order valence-corrected chi connectivity index (χ2v) is 10.5. The van der Waals surface area contributed by atoms with Crippen LogP contribution in [0, 0.1) is 5.82 Å². The number of alkyl halides is 3. The lowest BCUT2D eigenvalue weighted by molar-refractivity contribution is -0.124. The van der Waals surface area contributed by atoms with E-state index in [1.807, 2.05) is 0 Å². The van der Waals surface area contributed by atoms with Crippen molar-refractivity contribution in [3.8, 4) is 17.0 Å². The molecule has 1 amide bonds. The standard InChI is InChI=1S/C24H20ClF4N3O4S/c25-22-10-14(9-20(31-22)15-1-5-18(6-2-15)36-24(28)29)12-30-23(33)21-11-17(27)13-32(21)37(34,35)19-7-3-16(26)4-8-19/h1-10,17,21,24H,11-13H2,(H,30,33)/t17-,21+/m1/s1. The van der Waals surface area contributed by atoms with Crippen LogP contribution in [-0.2, 0) is 21.4 Å². The number of hydrogen-bond donors (Lipinski definition) is 1. The molecule has 0 radical (unpaired) electrons. The molecule has 1 aromatic heterocycles. The van der Waals surface area contributed by atoms with Crippen LogP contribution >= 0.6 is 11.6 Å². The van der Waals surface area contributed by atoms with E-state index < -0.39 is 47.1 Å². The summed E-state index contributed by atoms with van der Waals surface area (Å²) in [6, 6.07) is 11.5. The molecule has 0 bridgehead atoms. The van der Waals surface area contributed by atoms with E-state index in [1.165, 1.54) is 30.3 Å². The van der Waals surface area contributed by atoms with Gasteiger partial charge in [0.1, 0.15) is 28.9 Å². The average molecular weight is 558 g/mol. The molecule has 0 spiro atoms. The molecule has 13 heteroatoms. The fourth-order valence-electron chi connectivity index (χ4n) is 3.92. The highest BCUT2D eigenvalue weighted by Gasteiger charge is 2.44. The first-order chi connectivity index (χ1) is 17.5. The third kappa shape index (κ3) is 6.38. The molecule has 0 saturated carbocycles. The molecule has 2 atom stereocenters. The van der Waals surface area contributed by atoms with Crippen LogP contribution in [0.15, 0.2) is 65.6 Å². The highest BCUT2D eigenvalue weighted by atomic mass is 35.5. The monoisotopic (exact) mass is 557 g/mol. The number of rotatable bonds is 8. The smallest absolute Gasteiger partial charge is 0.387 e. The summed E-state index contributed by atoms with van der Waals surface area (Å²) in [7, 11) is -4.25.